The first-order chi connectivity index (χ1) is 10.1. The molecule has 3 rings (SSSR count). The largest absolute Gasteiger partial charge is 0.388 e. The Hall–Kier alpha value is -1.72. The van der Waals surface area contributed by atoms with Crippen LogP contribution in [0.25, 0.3) is 0 Å². The minimum Gasteiger partial charge on any atom is -0.388 e. The van der Waals surface area contributed by atoms with E-state index >= 15 is 0 Å². The molecule has 0 amide bonds. The summed E-state index contributed by atoms with van der Waals surface area (Å²) in [6.07, 6.45) is 3.95. The van der Waals surface area contributed by atoms with Gasteiger partial charge in [0.2, 0.25) is 0 Å². The lowest BCUT2D eigenvalue weighted by Crippen LogP contribution is -2.49. The SMILES string of the molecule is Cn1ncnc1CC1(O)CCCN(Cc2ccccc2)C1. The van der Waals surface area contributed by atoms with Crippen molar-refractivity contribution in [2.24, 2.45) is 7.05 Å². The van der Waals surface area contributed by atoms with Crippen LogP contribution in [0.2, 0.25) is 0 Å². The molecule has 1 aliphatic heterocycles. The number of rotatable bonds is 4. The summed E-state index contributed by atoms with van der Waals surface area (Å²) >= 11 is 0. The predicted molar refractivity (Wildman–Crippen MR) is 80.6 cm³/mol. The topological polar surface area (TPSA) is 54.2 Å². The maximum absolute atomic E-state index is 10.9. The number of aryl methyl sites for hydroxylation is 1. The second kappa shape index (κ2) is 5.95. The molecule has 1 unspecified atom stereocenters. The molecule has 1 aromatic carbocycles. The number of nitrogens with zero attached hydrogens (tertiary/aromatic N) is 4. The number of hydrogen-bond donors (Lipinski definition) is 1. The molecule has 0 spiro atoms. The number of likely N-dealkylation sites (tertiary alicyclic amines) is 1. The highest BCUT2D eigenvalue weighted by atomic mass is 16.3. The standard InChI is InChI=1S/C16H22N4O/c1-19-15(17-13-18-19)10-16(21)8-5-9-20(12-16)11-14-6-3-2-4-7-14/h2-4,6-7,13,21H,5,8-12H2,1H3. The summed E-state index contributed by atoms with van der Waals surface area (Å²) < 4.78 is 1.74. The first-order valence-electron chi connectivity index (χ1n) is 7.46. The van der Waals surface area contributed by atoms with Gasteiger partial charge in [-0.1, -0.05) is 30.3 Å². The van der Waals surface area contributed by atoms with Crippen molar-refractivity contribution in [1.29, 1.82) is 0 Å². The quantitative estimate of drug-likeness (QED) is 0.922. The summed E-state index contributed by atoms with van der Waals surface area (Å²) in [6, 6.07) is 10.4. The molecule has 1 saturated heterocycles. The lowest BCUT2D eigenvalue weighted by Gasteiger charge is -2.39. The second-order valence-corrected chi connectivity index (χ2v) is 6.00. The zero-order valence-electron chi connectivity index (χ0n) is 12.4. The van der Waals surface area contributed by atoms with Crippen molar-refractivity contribution >= 4 is 0 Å². The average Bonchev–Trinajstić information content (AvgIpc) is 2.85. The van der Waals surface area contributed by atoms with Gasteiger partial charge in [-0.25, -0.2) is 4.98 Å². The van der Waals surface area contributed by atoms with E-state index in [0.29, 0.717) is 13.0 Å². The molecule has 0 bridgehead atoms. The van der Waals surface area contributed by atoms with E-state index in [0.717, 1.165) is 31.8 Å². The molecule has 1 N–H and O–H groups in total. The molecule has 2 aromatic rings. The van der Waals surface area contributed by atoms with Crippen molar-refractivity contribution in [2.45, 2.75) is 31.4 Å². The van der Waals surface area contributed by atoms with Gasteiger partial charge < -0.3 is 5.11 Å². The summed E-state index contributed by atoms with van der Waals surface area (Å²) in [7, 11) is 1.87. The molecule has 21 heavy (non-hydrogen) atoms. The highest BCUT2D eigenvalue weighted by Gasteiger charge is 2.34. The summed E-state index contributed by atoms with van der Waals surface area (Å²) in [5, 5.41) is 15.0. The van der Waals surface area contributed by atoms with Crippen LogP contribution in [0.4, 0.5) is 0 Å². The molecular formula is C16H22N4O. The Balaban J connectivity index is 1.66. The molecule has 0 aliphatic carbocycles. The van der Waals surface area contributed by atoms with Crippen LogP contribution in [-0.4, -0.2) is 43.5 Å². The average molecular weight is 286 g/mol. The number of β-amino-alcohol motifs (C(OH)–C–C–N with tert-alkyl or cyclic N) is 1. The zero-order valence-corrected chi connectivity index (χ0v) is 12.4. The van der Waals surface area contributed by atoms with Crippen molar-refractivity contribution in [3.05, 3.63) is 48.0 Å². The van der Waals surface area contributed by atoms with Gasteiger partial charge in [0.25, 0.3) is 0 Å². The van der Waals surface area contributed by atoms with E-state index < -0.39 is 5.60 Å². The van der Waals surface area contributed by atoms with Crippen LogP contribution in [0.15, 0.2) is 36.7 Å². The van der Waals surface area contributed by atoms with E-state index in [1.807, 2.05) is 13.1 Å². The van der Waals surface area contributed by atoms with Crippen LogP contribution in [0.1, 0.15) is 24.2 Å². The van der Waals surface area contributed by atoms with Gasteiger partial charge in [0.1, 0.15) is 12.2 Å². The number of piperidine rings is 1. The summed E-state index contributed by atoms with van der Waals surface area (Å²) in [5.41, 5.74) is 0.591. The summed E-state index contributed by atoms with van der Waals surface area (Å²) in [4.78, 5) is 6.57. The van der Waals surface area contributed by atoms with Gasteiger partial charge in [-0.2, -0.15) is 5.10 Å². The molecule has 1 atom stereocenters. The molecule has 1 aliphatic rings. The Bertz CT molecular complexity index is 583. The predicted octanol–water partition coefficient (Wildman–Crippen LogP) is 1.38. The third-order valence-electron chi connectivity index (χ3n) is 4.18. The fourth-order valence-corrected chi connectivity index (χ4v) is 3.10. The fraction of sp³-hybridized carbons (Fsp3) is 0.500. The first kappa shape index (κ1) is 14.2. The number of aliphatic hydroxyl groups is 1. The normalized spacial score (nSPS) is 23.3. The van der Waals surface area contributed by atoms with E-state index in [1.54, 1.807) is 11.0 Å². The molecule has 1 aromatic heterocycles. The van der Waals surface area contributed by atoms with Crippen molar-refractivity contribution in [3.63, 3.8) is 0 Å². The van der Waals surface area contributed by atoms with Gasteiger partial charge in [-0.15, -0.1) is 0 Å². The highest BCUT2D eigenvalue weighted by Crippen LogP contribution is 2.25. The van der Waals surface area contributed by atoms with E-state index in [4.69, 9.17) is 0 Å². The maximum atomic E-state index is 10.9. The fourth-order valence-electron chi connectivity index (χ4n) is 3.10. The van der Waals surface area contributed by atoms with Crippen LogP contribution < -0.4 is 0 Å². The Morgan fingerprint density at radius 2 is 2.10 bits per heavy atom. The van der Waals surface area contributed by atoms with Gasteiger partial charge in [-0.3, -0.25) is 9.58 Å². The van der Waals surface area contributed by atoms with Crippen molar-refractivity contribution in [2.75, 3.05) is 13.1 Å². The Kier molecular flexibility index (Phi) is 4.03. The smallest absolute Gasteiger partial charge is 0.138 e. The minimum atomic E-state index is -0.701. The van der Waals surface area contributed by atoms with Crippen molar-refractivity contribution in [1.82, 2.24) is 19.7 Å². The highest BCUT2D eigenvalue weighted by molar-refractivity contribution is 5.14. The molecule has 0 saturated carbocycles. The van der Waals surface area contributed by atoms with Gasteiger partial charge in [-0.05, 0) is 24.9 Å². The van der Waals surface area contributed by atoms with Crippen LogP contribution in [0, 0.1) is 0 Å². The second-order valence-electron chi connectivity index (χ2n) is 6.00. The number of aromatic nitrogens is 3. The monoisotopic (exact) mass is 286 g/mol. The van der Waals surface area contributed by atoms with Gasteiger partial charge in [0, 0.05) is 26.6 Å². The minimum absolute atomic E-state index is 0.564. The Morgan fingerprint density at radius 1 is 1.29 bits per heavy atom. The first-order valence-corrected chi connectivity index (χ1v) is 7.46. The van der Waals surface area contributed by atoms with E-state index in [9.17, 15) is 5.11 Å². The van der Waals surface area contributed by atoms with Crippen molar-refractivity contribution < 1.29 is 5.11 Å². The zero-order chi connectivity index (χ0) is 14.7. The number of benzene rings is 1. The van der Waals surface area contributed by atoms with Gasteiger partial charge in [0.15, 0.2) is 0 Å². The molecule has 5 heteroatoms. The Morgan fingerprint density at radius 3 is 2.81 bits per heavy atom. The van der Waals surface area contributed by atoms with Crippen LogP contribution in [0.5, 0.6) is 0 Å². The summed E-state index contributed by atoms with van der Waals surface area (Å²) in [5.74, 6) is 0.846. The molecule has 0 radical (unpaired) electrons. The lowest BCUT2D eigenvalue weighted by molar-refractivity contribution is -0.0345. The van der Waals surface area contributed by atoms with Gasteiger partial charge in [0.05, 0.1) is 5.60 Å². The maximum Gasteiger partial charge on any atom is 0.138 e. The lowest BCUT2D eigenvalue weighted by atomic mass is 9.89. The Labute approximate surface area is 125 Å². The third-order valence-corrected chi connectivity index (χ3v) is 4.18. The molecule has 112 valence electrons. The molecular weight excluding hydrogens is 264 g/mol. The third kappa shape index (κ3) is 3.49. The molecule has 1 fully saturated rings. The summed E-state index contributed by atoms with van der Waals surface area (Å²) in [6.45, 7) is 2.62. The molecule has 2 heterocycles. The molecule has 5 nitrogen and oxygen atoms in total. The van der Waals surface area contributed by atoms with Crippen molar-refractivity contribution in [3.8, 4) is 0 Å². The van der Waals surface area contributed by atoms with E-state index in [2.05, 4.69) is 39.2 Å². The van der Waals surface area contributed by atoms with E-state index in [-0.39, 0.29) is 0 Å². The van der Waals surface area contributed by atoms with E-state index in [1.165, 1.54) is 5.56 Å². The van der Waals surface area contributed by atoms with Crippen LogP contribution in [-0.2, 0) is 20.0 Å². The van der Waals surface area contributed by atoms with Crippen LogP contribution >= 0.6 is 0 Å². The number of hydrogen-bond acceptors (Lipinski definition) is 4. The van der Waals surface area contributed by atoms with Gasteiger partial charge >= 0.3 is 0 Å². The van der Waals surface area contributed by atoms with Crippen LogP contribution in [0.3, 0.4) is 0 Å².